The molecule has 0 spiro atoms. The number of phenols is 1. The highest BCUT2D eigenvalue weighted by molar-refractivity contribution is 5.61. The van der Waals surface area contributed by atoms with Gasteiger partial charge in [0.25, 0.3) is 0 Å². The standard InChI is InChI=1S/C20H28N2O3/c1-19-16-12-5-6-14(23)17(16)25-18(19)13(21-2)7-8-20(19,24)15(9-12)22-10-11-3-4-11/h5-6,11,13,15,18,21-24H,3-4,7-10H2,1-2H3/t13-,15+,18-,19-,20+/m1/s1. The predicted molar refractivity (Wildman–Crippen MR) is 95.1 cm³/mol. The topological polar surface area (TPSA) is 73.8 Å². The fourth-order valence-electron chi connectivity index (χ4n) is 5.68. The van der Waals surface area contributed by atoms with E-state index < -0.39 is 11.0 Å². The van der Waals surface area contributed by atoms with Gasteiger partial charge in [-0.05, 0) is 70.2 Å². The Bertz CT molecular complexity index is 719. The molecular formula is C20H28N2O3. The van der Waals surface area contributed by atoms with Crippen molar-refractivity contribution >= 4 is 0 Å². The summed E-state index contributed by atoms with van der Waals surface area (Å²) in [6.45, 7) is 3.13. The third-order valence-corrected chi connectivity index (χ3v) is 7.38. The van der Waals surface area contributed by atoms with E-state index in [9.17, 15) is 10.2 Å². The van der Waals surface area contributed by atoms with Gasteiger partial charge in [-0.1, -0.05) is 6.07 Å². The highest BCUT2D eigenvalue weighted by Gasteiger charge is 2.68. The van der Waals surface area contributed by atoms with E-state index in [1.54, 1.807) is 6.07 Å². The molecule has 1 aliphatic heterocycles. The van der Waals surface area contributed by atoms with Gasteiger partial charge < -0.3 is 25.6 Å². The lowest BCUT2D eigenvalue weighted by atomic mass is 9.52. The number of phenolic OH excluding ortho intramolecular Hbond substituents is 1. The van der Waals surface area contributed by atoms with Crippen molar-refractivity contribution in [3.63, 3.8) is 0 Å². The van der Waals surface area contributed by atoms with Crippen LogP contribution >= 0.6 is 0 Å². The Morgan fingerprint density at radius 1 is 1.28 bits per heavy atom. The smallest absolute Gasteiger partial charge is 0.165 e. The molecule has 3 aliphatic carbocycles. The molecule has 0 radical (unpaired) electrons. The zero-order valence-corrected chi connectivity index (χ0v) is 15.0. The van der Waals surface area contributed by atoms with Gasteiger partial charge in [-0.15, -0.1) is 0 Å². The summed E-state index contributed by atoms with van der Waals surface area (Å²) in [5.74, 6) is 1.56. The molecule has 1 heterocycles. The van der Waals surface area contributed by atoms with Crippen LogP contribution < -0.4 is 15.4 Å². The Balaban J connectivity index is 1.64. The zero-order chi connectivity index (χ0) is 17.4. The van der Waals surface area contributed by atoms with Crippen LogP contribution in [0.5, 0.6) is 11.5 Å². The lowest BCUT2D eigenvalue weighted by molar-refractivity contribution is -0.133. The highest BCUT2D eigenvalue weighted by atomic mass is 16.5. The van der Waals surface area contributed by atoms with E-state index in [2.05, 4.69) is 17.6 Å². The Labute approximate surface area is 148 Å². The van der Waals surface area contributed by atoms with E-state index in [1.165, 1.54) is 18.4 Å². The van der Waals surface area contributed by atoms with Crippen molar-refractivity contribution < 1.29 is 14.9 Å². The first-order valence-electron chi connectivity index (χ1n) is 9.64. The average molecular weight is 344 g/mol. The quantitative estimate of drug-likeness (QED) is 0.665. The fraction of sp³-hybridized carbons (Fsp3) is 0.700. The van der Waals surface area contributed by atoms with Crippen molar-refractivity contribution in [3.8, 4) is 11.5 Å². The second kappa shape index (κ2) is 5.12. The molecule has 0 bridgehead atoms. The first-order valence-corrected chi connectivity index (χ1v) is 9.64. The van der Waals surface area contributed by atoms with Crippen molar-refractivity contribution in [1.29, 1.82) is 0 Å². The van der Waals surface area contributed by atoms with E-state index in [0.29, 0.717) is 5.75 Å². The number of likely N-dealkylation sites (N-methyl/N-ethyl adjacent to an activating group) is 1. The van der Waals surface area contributed by atoms with Gasteiger partial charge in [-0.2, -0.15) is 0 Å². The summed E-state index contributed by atoms with van der Waals surface area (Å²) in [6, 6.07) is 3.96. The summed E-state index contributed by atoms with van der Waals surface area (Å²) >= 11 is 0. The Kier molecular flexibility index (Phi) is 3.26. The summed E-state index contributed by atoms with van der Waals surface area (Å²) in [4.78, 5) is 0. The van der Waals surface area contributed by atoms with E-state index in [0.717, 1.165) is 37.3 Å². The van der Waals surface area contributed by atoms with Crippen LogP contribution in [-0.4, -0.2) is 47.6 Å². The average Bonchev–Trinajstić information content (AvgIpc) is 3.36. The molecule has 136 valence electrons. The van der Waals surface area contributed by atoms with E-state index in [4.69, 9.17) is 4.74 Å². The maximum atomic E-state index is 11.9. The third-order valence-electron chi connectivity index (χ3n) is 7.38. The Morgan fingerprint density at radius 3 is 2.80 bits per heavy atom. The van der Waals surface area contributed by atoms with Crippen LogP contribution in [0.2, 0.25) is 0 Å². The van der Waals surface area contributed by atoms with Crippen LogP contribution in [0.15, 0.2) is 12.1 Å². The maximum Gasteiger partial charge on any atom is 0.165 e. The second-order valence-electron chi connectivity index (χ2n) is 8.66. The molecule has 25 heavy (non-hydrogen) atoms. The molecular weight excluding hydrogens is 316 g/mol. The summed E-state index contributed by atoms with van der Waals surface area (Å²) in [7, 11) is 1.96. The van der Waals surface area contributed by atoms with E-state index in [-0.39, 0.29) is 23.9 Å². The lowest BCUT2D eigenvalue weighted by Crippen LogP contribution is -2.73. The molecule has 5 heteroatoms. The number of nitrogens with one attached hydrogen (secondary N) is 2. The zero-order valence-electron chi connectivity index (χ0n) is 15.0. The summed E-state index contributed by atoms with van der Waals surface area (Å²) < 4.78 is 6.29. The van der Waals surface area contributed by atoms with Crippen LogP contribution in [0.25, 0.3) is 0 Å². The molecule has 2 saturated carbocycles. The third kappa shape index (κ3) is 1.95. The van der Waals surface area contributed by atoms with Gasteiger partial charge in [0.1, 0.15) is 6.10 Å². The van der Waals surface area contributed by atoms with Gasteiger partial charge in [-0.25, -0.2) is 0 Å². The molecule has 0 saturated heterocycles. The van der Waals surface area contributed by atoms with Crippen LogP contribution in [0.3, 0.4) is 0 Å². The van der Waals surface area contributed by atoms with Crippen LogP contribution in [0.4, 0.5) is 0 Å². The molecule has 4 aliphatic rings. The summed E-state index contributed by atoms with van der Waals surface area (Å²) in [6.07, 6.45) is 4.85. The van der Waals surface area contributed by atoms with Crippen molar-refractivity contribution in [2.24, 2.45) is 5.92 Å². The summed E-state index contributed by atoms with van der Waals surface area (Å²) in [5.41, 5.74) is 0.866. The van der Waals surface area contributed by atoms with Crippen molar-refractivity contribution in [3.05, 3.63) is 23.3 Å². The van der Waals surface area contributed by atoms with Crippen LogP contribution in [0.1, 0.15) is 43.7 Å². The van der Waals surface area contributed by atoms with Gasteiger partial charge in [0.2, 0.25) is 0 Å². The van der Waals surface area contributed by atoms with Gasteiger partial charge >= 0.3 is 0 Å². The number of aliphatic hydroxyl groups is 1. The van der Waals surface area contributed by atoms with Crippen LogP contribution in [-0.2, 0) is 11.8 Å². The number of rotatable bonds is 4. The molecule has 5 atom stereocenters. The maximum absolute atomic E-state index is 11.9. The number of hydrogen-bond acceptors (Lipinski definition) is 5. The van der Waals surface area contributed by atoms with Gasteiger partial charge in [-0.3, -0.25) is 0 Å². The molecule has 5 nitrogen and oxygen atoms in total. The molecule has 0 unspecified atom stereocenters. The van der Waals surface area contributed by atoms with Gasteiger partial charge in [0.05, 0.1) is 11.0 Å². The fourth-order valence-corrected chi connectivity index (χ4v) is 5.68. The number of aromatic hydroxyl groups is 1. The Hall–Kier alpha value is -1.30. The Morgan fingerprint density at radius 2 is 2.08 bits per heavy atom. The van der Waals surface area contributed by atoms with Crippen molar-refractivity contribution in [2.45, 2.75) is 68.2 Å². The normalized spacial score (nSPS) is 41.3. The monoisotopic (exact) mass is 344 g/mol. The minimum absolute atomic E-state index is 0.0324. The largest absolute Gasteiger partial charge is 0.504 e. The highest BCUT2D eigenvalue weighted by Crippen LogP contribution is 2.61. The SMILES string of the molecule is CN[C@@H]1CC[C@]2(O)[C@@H](NCC3CC3)Cc3ccc(O)c4c3[C@]2(C)[C@@H]1O4. The molecule has 1 aromatic carbocycles. The first kappa shape index (κ1) is 15.9. The second-order valence-corrected chi connectivity index (χ2v) is 8.66. The molecule has 1 aromatic rings. The molecule has 0 aromatic heterocycles. The van der Waals surface area contributed by atoms with Crippen LogP contribution in [0, 0.1) is 5.92 Å². The molecule has 2 fully saturated rings. The molecule has 4 N–H and O–H groups in total. The number of benzene rings is 1. The minimum Gasteiger partial charge on any atom is -0.504 e. The van der Waals surface area contributed by atoms with Crippen molar-refractivity contribution in [1.82, 2.24) is 10.6 Å². The number of hydrogen-bond donors (Lipinski definition) is 4. The first-order chi connectivity index (χ1) is 12.0. The van der Waals surface area contributed by atoms with Crippen molar-refractivity contribution in [2.75, 3.05) is 13.6 Å². The minimum atomic E-state index is -0.855. The van der Waals surface area contributed by atoms with E-state index in [1.807, 2.05) is 13.1 Å². The van der Waals surface area contributed by atoms with Gasteiger partial charge in [0.15, 0.2) is 11.5 Å². The molecule has 0 amide bonds. The summed E-state index contributed by atoms with van der Waals surface area (Å²) in [5, 5.41) is 29.4. The van der Waals surface area contributed by atoms with E-state index >= 15 is 0 Å². The predicted octanol–water partition coefficient (Wildman–Crippen LogP) is 1.45. The van der Waals surface area contributed by atoms with Gasteiger partial charge in [0, 0.05) is 17.6 Å². The number of ether oxygens (including phenoxy) is 1. The molecule has 5 rings (SSSR count). The lowest BCUT2D eigenvalue weighted by Gasteiger charge is -2.57.